The first-order chi connectivity index (χ1) is 8.58. The van der Waals surface area contributed by atoms with Crippen molar-refractivity contribution in [2.75, 3.05) is 11.1 Å². The van der Waals surface area contributed by atoms with Gasteiger partial charge in [0.05, 0.1) is 29.1 Å². The van der Waals surface area contributed by atoms with Crippen LogP contribution in [0.1, 0.15) is 17.1 Å². The largest absolute Gasteiger partial charge is 0.468 e. The molecule has 0 saturated carbocycles. The monoisotopic (exact) mass is 265 g/mol. The number of thioether (sulfide) groups is 1. The number of hydrogen-bond donors (Lipinski definition) is 2. The van der Waals surface area contributed by atoms with Crippen LogP contribution in [0.5, 0.6) is 0 Å². The number of carbonyl (C=O) groups excluding carboxylic acids is 1. The molecule has 0 aliphatic carbocycles. The predicted molar refractivity (Wildman–Crippen MR) is 70.9 cm³/mol. The Hall–Kier alpha value is -1.69. The van der Waals surface area contributed by atoms with E-state index in [2.05, 4.69) is 15.5 Å². The first kappa shape index (κ1) is 12.8. The van der Waals surface area contributed by atoms with E-state index in [0.29, 0.717) is 5.75 Å². The van der Waals surface area contributed by atoms with Crippen LogP contribution in [-0.2, 0) is 4.79 Å². The molecule has 0 aliphatic rings. The minimum absolute atomic E-state index is 0.0480. The summed E-state index contributed by atoms with van der Waals surface area (Å²) in [5.41, 5.74) is 2.43. The molecule has 0 bridgehead atoms. The predicted octanol–water partition coefficient (Wildman–Crippen LogP) is 2.66. The van der Waals surface area contributed by atoms with E-state index in [1.54, 1.807) is 6.26 Å². The molecule has 2 aromatic rings. The number of anilines is 1. The lowest BCUT2D eigenvalue weighted by molar-refractivity contribution is -0.113. The number of aryl methyl sites for hydroxylation is 3. The highest BCUT2D eigenvalue weighted by Crippen LogP contribution is 2.23. The van der Waals surface area contributed by atoms with Gasteiger partial charge < -0.3 is 9.73 Å². The lowest BCUT2D eigenvalue weighted by Crippen LogP contribution is -2.15. The number of hydrogen-bond acceptors (Lipinski definition) is 4. The Morgan fingerprint density at radius 3 is 2.83 bits per heavy atom. The van der Waals surface area contributed by atoms with Crippen LogP contribution in [0.15, 0.2) is 21.6 Å². The van der Waals surface area contributed by atoms with Crippen LogP contribution in [0.2, 0.25) is 0 Å². The average molecular weight is 265 g/mol. The van der Waals surface area contributed by atoms with E-state index in [0.717, 1.165) is 27.7 Å². The van der Waals surface area contributed by atoms with Gasteiger partial charge in [0.15, 0.2) is 0 Å². The molecule has 2 heterocycles. The second-order valence-electron chi connectivity index (χ2n) is 3.99. The number of aromatic nitrogens is 2. The van der Waals surface area contributed by atoms with Crippen LogP contribution >= 0.6 is 11.8 Å². The van der Waals surface area contributed by atoms with Crippen molar-refractivity contribution in [1.29, 1.82) is 0 Å². The molecule has 0 saturated heterocycles. The van der Waals surface area contributed by atoms with E-state index in [-0.39, 0.29) is 5.91 Å². The molecule has 6 heteroatoms. The van der Waals surface area contributed by atoms with Gasteiger partial charge in [-0.05, 0) is 26.8 Å². The summed E-state index contributed by atoms with van der Waals surface area (Å²) in [6, 6.07) is 1.86. The highest BCUT2D eigenvalue weighted by molar-refractivity contribution is 8.00. The number of H-pyrrole nitrogens is 1. The van der Waals surface area contributed by atoms with Crippen LogP contribution in [-0.4, -0.2) is 21.9 Å². The van der Waals surface area contributed by atoms with Crippen molar-refractivity contribution in [3.63, 3.8) is 0 Å². The van der Waals surface area contributed by atoms with Gasteiger partial charge in [-0.3, -0.25) is 9.89 Å². The normalized spacial score (nSPS) is 10.6. The van der Waals surface area contributed by atoms with Crippen molar-refractivity contribution in [3.05, 3.63) is 29.5 Å². The zero-order valence-electron chi connectivity index (χ0n) is 10.5. The molecule has 0 spiro atoms. The standard InChI is InChI=1S/C12H15N3O2S/c1-7-12(8(2)15-14-7)13-11(16)6-18-10-4-5-17-9(10)3/h4-5H,6H2,1-3H3,(H,13,16)(H,14,15). The van der Waals surface area contributed by atoms with Gasteiger partial charge in [-0.15, -0.1) is 11.8 Å². The van der Waals surface area contributed by atoms with E-state index in [1.807, 2.05) is 26.8 Å². The zero-order valence-corrected chi connectivity index (χ0v) is 11.4. The van der Waals surface area contributed by atoms with Crippen molar-refractivity contribution in [2.45, 2.75) is 25.7 Å². The Labute approximate surface area is 109 Å². The molecule has 0 atom stereocenters. The Morgan fingerprint density at radius 1 is 1.50 bits per heavy atom. The molecule has 2 N–H and O–H groups in total. The molecule has 0 aliphatic heterocycles. The van der Waals surface area contributed by atoms with E-state index in [4.69, 9.17) is 4.42 Å². The van der Waals surface area contributed by atoms with E-state index >= 15 is 0 Å². The van der Waals surface area contributed by atoms with Crippen molar-refractivity contribution in [2.24, 2.45) is 0 Å². The summed E-state index contributed by atoms with van der Waals surface area (Å²) in [7, 11) is 0. The summed E-state index contributed by atoms with van der Waals surface area (Å²) in [5, 5.41) is 9.72. The number of aromatic amines is 1. The summed E-state index contributed by atoms with van der Waals surface area (Å²) >= 11 is 1.46. The van der Waals surface area contributed by atoms with E-state index in [1.165, 1.54) is 11.8 Å². The third-order valence-corrected chi connectivity index (χ3v) is 3.70. The second kappa shape index (κ2) is 5.30. The third-order valence-electron chi connectivity index (χ3n) is 2.56. The molecule has 5 nitrogen and oxygen atoms in total. The van der Waals surface area contributed by atoms with Crippen molar-refractivity contribution in [3.8, 4) is 0 Å². The number of nitrogens with one attached hydrogen (secondary N) is 2. The van der Waals surface area contributed by atoms with Gasteiger partial charge in [-0.1, -0.05) is 0 Å². The van der Waals surface area contributed by atoms with Crippen molar-refractivity contribution < 1.29 is 9.21 Å². The maximum Gasteiger partial charge on any atom is 0.234 e. The maximum absolute atomic E-state index is 11.8. The molecular weight excluding hydrogens is 250 g/mol. The first-order valence-corrected chi connectivity index (χ1v) is 6.55. The Kier molecular flexibility index (Phi) is 3.76. The topological polar surface area (TPSA) is 70.9 Å². The lowest BCUT2D eigenvalue weighted by atomic mass is 10.3. The van der Waals surface area contributed by atoms with Crippen LogP contribution in [0.3, 0.4) is 0 Å². The van der Waals surface area contributed by atoms with Gasteiger partial charge in [0.25, 0.3) is 0 Å². The molecule has 0 aromatic carbocycles. The minimum atomic E-state index is -0.0480. The van der Waals surface area contributed by atoms with Crippen LogP contribution in [0, 0.1) is 20.8 Å². The minimum Gasteiger partial charge on any atom is -0.468 e. The summed E-state index contributed by atoms with van der Waals surface area (Å²) in [6.45, 7) is 5.61. The summed E-state index contributed by atoms with van der Waals surface area (Å²) in [5.74, 6) is 1.14. The molecule has 96 valence electrons. The fourth-order valence-electron chi connectivity index (χ4n) is 1.58. The molecule has 0 fully saturated rings. The Balaban J connectivity index is 1.92. The Morgan fingerprint density at radius 2 is 2.28 bits per heavy atom. The van der Waals surface area contributed by atoms with Gasteiger partial charge in [-0.2, -0.15) is 5.10 Å². The molecule has 2 aromatic heterocycles. The molecular formula is C12H15N3O2S. The van der Waals surface area contributed by atoms with Gasteiger partial charge in [0.2, 0.25) is 5.91 Å². The van der Waals surface area contributed by atoms with Gasteiger partial charge >= 0.3 is 0 Å². The summed E-state index contributed by atoms with van der Waals surface area (Å²) in [4.78, 5) is 12.8. The highest BCUT2D eigenvalue weighted by atomic mass is 32.2. The molecule has 18 heavy (non-hydrogen) atoms. The Bertz CT molecular complexity index is 540. The number of furan rings is 1. The maximum atomic E-state index is 11.8. The summed E-state index contributed by atoms with van der Waals surface area (Å²) < 4.78 is 5.17. The van der Waals surface area contributed by atoms with Crippen LogP contribution in [0.4, 0.5) is 5.69 Å². The number of nitrogens with zero attached hydrogens (tertiary/aromatic N) is 1. The van der Waals surface area contributed by atoms with Crippen molar-refractivity contribution in [1.82, 2.24) is 10.2 Å². The first-order valence-electron chi connectivity index (χ1n) is 5.56. The SMILES string of the molecule is Cc1n[nH]c(C)c1NC(=O)CSc1ccoc1C. The smallest absolute Gasteiger partial charge is 0.234 e. The van der Waals surface area contributed by atoms with Crippen LogP contribution in [0.25, 0.3) is 0 Å². The van der Waals surface area contributed by atoms with Gasteiger partial charge in [-0.25, -0.2) is 0 Å². The number of amides is 1. The second-order valence-corrected chi connectivity index (χ2v) is 5.00. The zero-order chi connectivity index (χ0) is 13.1. The molecule has 1 amide bonds. The molecule has 0 unspecified atom stereocenters. The van der Waals surface area contributed by atoms with Gasteiger partial charge in [0, 0.05) is 4.90 Å². The van der Waals surface area contributed by atoms with Crippen LogP contribution < -0.4 is 5.32 Å². The fraction of sp³-hybridized carbons (Fsp3) is 0.333. The van der Waals surface area contributed by atoms with E-state index in [9.17, 15) is 4.79 Å². The number of carbonyl (C=O) groups is 1. The molecule has 0 radical (unpaired) electrons. The van der Waals surface area contributed by atoms with E-state index < -0.39 is 0 Å². The lowest BCUT2D eigenvalue weighted by Gasteiger charge is -2.04. The molecule has 2 rings (SSSR count). The highest BCUT2D eigenvalue weighted by Gasteiger charge is 2.11. The van der Waals surface area contributed by atoms with Gasteiger partial charge in [0.1, 0.15) is 5.76 Å². The fourth-order valence-corrected chi connectivity index (χ4v) is 2.34. The average Bonchev–Trinajstić information content (AvgIpc) is 2.87. The van der Waals surface area contributed by atoms with Crippen molar-refractivity contribution >= 4 is 23.4 Å². The summed E-state index contributed by atoms with van der Waals surface area (Å²) in [6.07, 6.45) is 1.62. The third kappa shape index (κ3) is 2.76. The number of rotatable bonds is 4. The quantitative estimate of drug-likeness (QED) is 0.834.